The summed E-state index contributed by atoms with van der Waals surface area (Å²) < 4.78 is 19.6. The van der Waals surface area contributed by atoms with Crippen LogP contribution in [0.25, 0.3) is 0 Å². The smallest absolute Gasteiger partial charge is 0.165 e. The van der Waals surface area contributed by atoms with Crippen LogP contribution in [-0.2, 0) is 6.54 Å². The highest BCUT2D eigenvalue weighted by atomic mass is 19.1. The van der Waals surface area contributed by atoms with E-state index in [0.29, 0.717) is 30.6 Å². The molecule has 0 aliphatic heterocycles. The number of halogens is 1. The molecular formula is C18H22FN3O. The van der Waals surface area contributed by atoms with Crippen molar-refractivity contribution in [1.29, 1.82) is 0 Å². The Kier molecular flexibility index (Phi) is 4.76. The van der Waals surface area contributed by atoms with Gasteiger partial charge in [-0.25, -0.2) is 9.37 Å². The fourth-order valence-electron chi connectivity index (χ4n) is 2.39. The van der Waals surface area contributed by atoms with Gasteiger partial charge < -0.3 is 15.8 Å². The average Bonchev–Trinajstić information content (AvgIpc) is 3.36. The molecule has 1 aliphatic carbocycles. The Morgan fingerprint density at radius 3 is 2.87 bits per heavy atom. The van der Waals surface area contributed by atoms with E-state index in [4.69, 9.17) is 10.5 Å². The zero-order valence-electron chi connectivity index (χ0n) is 13.3. The van der Waals surface area contributed by atoms with Gasteiger partial charge in [0.25, 0.3) is 0 Å². The summed E-state index contributed by atoms with van der Waals surface area (Å²) in [5.41, 5.74) is 7.61. The number of pyridine rings is 1. The molecule has 1 fully saturated rings. The molecule has 1 aliphatic rings. The molecule has 5 heteroatoms. The molecular weight excluding hydrogens is 293 g/mol. The van der Waals surface area contributed by atoms with Gasteiger partial charge in [0, 0.05) is 18.8 Å². The summed E-state index contributed by atoms with van der Waals surface area (Å²) in [6.07, 6.45) is 4.07. The number of hydrogen-bond acceptors (Lipinski definition) is 4. The molecule has 0 amide bonds. The van der Waals surface area contributed by atoms with Crippen molar-refractivity contribution in [2.75, 3.05) is 12.3 Å². The number of aromatic nitrogens is 1. The molecule has 122 valence electrons. The molecule has 2 aromatic rings. The third-order valence-corrected chi connectivity index (χ3v) is 4.09. The maximum Gasteiger partial charge on any atom is 0.165 e. The van der Waals surface area contributed by atoms with E-state index in [2.05, 4.69) is 10.3 Å². The molecule has 0 radical (unpaired) electrons. The predicted octanol–water partition coefficient (Wildman–Crippen LogP) is 3.44. The SMILES string of the molecule is CC(NCc1ccnc(N)c1)c1ccc(OCC2CC2)c(F)c1. The molecule has 1 heterocycles. The van der Waals surface area contributed by atoms with Crippen LogP contribution in [0.15, 0.2) is 36.5 Å². The van der Waals surface area contributed by atoms with Gasteiger partial charge in [-0.2, -0.15) is 0 Å². The third kappa shape index (κ3) is 4.42. The fourth-order valence-corrected chi connectivity index (χ4v) is 2.39. The highest BCUT2D eigenvalue weighted by molar-refractivity contribution is 5.33. The zero-order chi connectivity index (χ0) is 16.2. The van der Waals surface area contributed by atoms with E-state index in [-0.39, 0.29) is 11.9 Å². The summed E-state index contributed by atoms with van der Waals surface area (Å²) >= 11 is 0. The van der Waals surface area contributed by atoms with E-state index in [1.807, 2.05) is 25.1 Å². The molecule has 0 saturated heterocycles. The van der Waals surface area contributed by atoms with E-state index in [1.54, 1.807) is 18.3 Å². The summed E-state index contributed by atoms with van der Waals surface area (Å²) in [6, 6.07) is 8.93. The third-order valence-electron chi connectivity index (χ3n) is 4.09. The number of benzene rings is 1. The molecule has 3 rings (SSSR count). The minimum Gasteiger partial charge on any atom is -0.490 e. The van der Waals surface area contributed by atoms with Crippen LogP contribution in [0, 0.1) is 11.7 Å². The van der Waals surface area contributed by atoms with Crippen molar-refractivity contribution in [1.82, 2.24) is 10.3 Å². The first-order chi connectivity index (χ1) is 11.1. The highest BCUT2D eigenvalue weighted by Crippen LogP contribution is 2.30. The molecule has 3 N–H and O–H groups in total. The standard InChI is InChI=1S/C18H22FN3O/c1-12(22-10-14-6-7-21-18(20)8-14)15-4-5-17(16(19)9-15)23-11-13-2-3-13/h4-9,12-13,22H,2-3,10-11H2,1H3,(H2,20,21). The number of nitrogen functional groups attached to an aromatic ring is 1. The van der Waals surface area contributed by atoms with Gasteiger partial charge in [-0.15, -0.1) is 0 Å². The Labute approximate surface area is 135 Å². The number of hydrogen-bond donors (Lipinski definition) is 2. The summed E-state index contributed by atoms with van der Waals surface area (Å²) in [5, 5.41) is 3.36. The summed E-state index contributed by atoms with van der Waals surface area (Å²) in [7, 11) is 0. The van der Waals surface area contributed by atoms with E-state index in [1.165, 1.54) is 12.8 Å². The van der Waals surface area contributed by atoms with Gasteiger partial charge in [0.2, 0.25) is 0 Å². The number of rotatable bonds is 7. The highest BCUT2D eigenvalue weighted by Gasteiger charge is 2.22. The van der Waals surface area contributed by atoms with Gasteiger partial charge >= 0.3 is 0 Å². The van der Waals surface area contributed by atoms with Crippen molar-refractivity contribution < 1.29 is 9.13 Å². The minimum absolute atomic E-state index is 0.0244. The van der Waals surface area contributed by atoms with Crippen LogP contribution in [0.5, 0.6) is 5.75 Å². The van der Waals surface area contributed by atoms with Crippen LogP contribution in [0.3, 0.4) is 0 Å². The Balaban J connectivity index is 1.57. The van der Waals surface area contributed by atoms with Gasteiger partial charge in [0.1, 0.15) is 5.82 Å². The van der Waals surface area contributed by atoms with Gasteiger partial charge in [0.05, 0.1) is 6.61 Å². The van der Waals surface area contributed by atoms with Crippen molar-refractivity contribution in [2.24, 2.45) is 5.92 Å². The Morgan fingerprint density at radius 2 is 2.17 bits per heavy atom. The molecule has 1 atom stereocenters. The van der Waals surface area contributed by atoms with Crippen molar-refractivity contribution in [3.05, 3.63) is 53.5 Å². The molecule has 1 aromatic carbocycles. The van der Waals surface area contributed by atoms with Crippen molar-refractivity contribution in [2.45, 2.75) is 32.4 Å². The summed E-state index contributed by atoms with van der Waals surface area (Å²) in [6.45, 7) is 3.27. The second-order valence-corrected chi connectivity index (χ2v) is 6.14. The monoisotopic (exact) mass is 315 g/mol. The lowest BCUT2D eigenvalue weighted by atomic mass is 10.1. The van der Waals surface area contributed by atoms with Gasteiger partial charge in [0.15, 0.2) is 11.6 Å². The second-order valence-electron chi connectivity index (χ2n) is 6.14. The summed E-state index contributed by atoms with van der Waals surface area (Å²) in [4.78, 5) is 3.97. The zero-order valence-corrected chi connectivity index (χ0v) is 13.3. The first-order valence-corrected chi connectivity index (χ1v) is 7.98. The molecule has 1 saturated carbocycles. The lowest BCUT2D eigenvalue weighted by Gasteiger charge is -2.16. The Bertz CT molecular complexity index is 673. The fraction of sp³-hybridized carbons (Fsp3) is 0.389. The van der Waals surface area contributed by atoms with Crippen LogP contribution < -0.4 is 15.8 Å². The largest absolute Gasteiger partial charge is 0.490 e. The number of ether oxygens (including phenoxy) is 1. The van der Waals surface area contributed by atoms with Gasteiger partial charge in [-0.1, -0.05) is 6.07 Å². The number of anilines is 1. The maximum atomic E-state index is 14.1. The molecule has 1 aromatic heterocycles. The molecule has 23 heavy (non-hydrogen) atoms. The predicted molar refractivity (Wildman–Crippen MR) is 88.5 cm³/mol. The average molecular weight is 315 g/mol. The van der Waals surface area contributed by atoms with Crippen LogP contribution >= 0.6 is 0 Å². The van der Waals surface area contributed by atoms with Crippen molar-refractivity contribution in [3.8, 4) is 5.75 Å². The number of nitrogens with two attached hydrogens (primary N) is 1. The molecule has 4 nitrogen and oxygen atoms in total. The van der Waals surface area contributed by atoms with E-state index >= 15 is 0 Å². The van der Waals surface area contributed by atoms with E-state index < -0.39 is 0 Å². The van der Waals surface area contributed by atoms with Crippen LogP contribution in [0.2, 0.25) is 0 Å². The molecule has 1 unspecified atom stereocenters. The Morgan fingerprint density at radius 1 is 1.35 bits per heavy atom. The minimum atomic E-state index is -0.301. The quantitative estimate of drug-likeness (QED) is 0.821. The maximum absolute atomic E-state index is 14.1. The first-order valence-electron chi connectivity index (χ1n) is 7.98. The van der Waals surface area contributed by atoms with Crippen LogP contribution in [-0.4, -0.2) is 11.6 Å². The summed E-state index contributed by atoms with van der Waals surface area (Å²) in [5.74, 6) is 1.15. The van der Waals surface area contributed by atoms with Crippen molar-refractivity contribution >= 4 is 5.82 Å². The first kappa shape index (κ1) is 15.7. The Hall–Kier alpha value is -2.14. The topological polar surface area (TPSA) is 60.2 Å². The van der Waals surface area contributed by atoms with Gasteiger partial charge in [-0.3, -0.25) is 0 Å². The van der Waals surface area contributed by atoms with E-state index in [0.717, 1.165) is 11.1 Å². The van der Waals surface area contributed by atoms with Crippen molar-refractivity contribution in [3.63, 3.8) is 0 Å². The number of nitrogens with zero attached hydrogens (tertiary/aromatic N) is 1. The van der Waals surface area contributed by atoms with Gasteiger partial charge in [-0.05, 0) is 61.1 Å². The normalized spacial score (nSPS) is 15.4. The number of nitrogens with one attached hydrogen (secondary N) is 1. The van der Waals surface area contributed by atoms with Crippen LogP contribution in [0.4, 0.5) is 10.2 Å². The second kappa shape index (κ2) is 6.96. The van der Waals surface area contributed by atoms with E-state index in [9.17, 15) is 4.39 Å². The lowest BCUT2D eigenvalue weighted by molar-refractivity contribution is 0.285. The molecule has 0 bridgehead atoms. The van der Waals surface area contributed by atoms with Crippen LogP contribution in [0.1, 0.15) is 36.9 Å². The molecule has 0 spiro atoms. The lowest BCUT2D eigenvalue weighted by Crippen LogP contribution is -2.18.